The van der Waals surface area contributed by atoms with E-state index in [1.54, 1.807) is 17.1 Å². The van der Waals surface area contributed by atoms with Crippen LogP contribution in [0.2, 0.25) is 0 Å². The van der Waals surface area contributed by atoms with Gasteiger partial charge in [-0.3, -0.25) is 0 Å². The molecule has 14 heavy (non-hydrogen) atoms. The first-order chi connectivity index (χ1) is 6.86. The Hall–Kier alpha value is -1.77. The smallest absolute Gasteiger partial charge is 0.0724 e. The molecule has 0 aliphatic heterocycles. The van der Waals surface area contributed by atoms with Crippen LogP contribution in [-0.2, 0) is 0 Å². The molecule has 1 aromatic carbocycles. The largest absolute Gasteiger partial charge is 0.396 e. The highest BCUT2D eigenvalue weighted by molar-refractivity contribution is 5.37. The Kier molecular flexibility index (Phi) is 3.73. The van der Waals surface area contributed by atoms with E-state index >= 15 is 0 Å². The van der Waals surface area contributed by atoms with Gasteiger partial charge in [-0.25, -0.2) is 4.68 Å². The Morgan fingerprint density at radius 3 is 2.29 bits per heavy atom. The third kappa shape index (κ3) is 2.36. The number of anilines is 1. The van der Waals surface area contributed by atoms with Crippen molar-refractivity contribution in [1.82, 2.24) is 9.78 Å². The van der Waals surface area contributed by atoms with E-state index in [1.165, 1.54) is 0 Å². The topological polar surface area (TPSA) is 43.8 Å². The van der Waals surface area contributed by atoms with Crippen molar-refractivity contribution >= 4 is 5.69 Å². The van der Waals surface area contributed by atoms with E-state index in [1.807, 2.05) is 44.2 Å². The van der Waals surface area contributed by atoms with Gasteiger partial charge in [0.05, 0.1) is 23.8 Å². The van der Waals surface area contributed by atoms with Crippen LogP contribution < -0.4 is 5.73 Å². The fourth-order valence-corrected chi connectivity index (χ4v) is 1.06. The van der Waals surface area contributed by atoms with Crippen molar-refractivity contribution in [2.24, 2.45) is 0 Å². The minimum absolute atomic E-state index is 0.679. The molecule has 1 heterocycles. The van der Waals surface area contributed by atoms with Crippen LogP contribution in [0.1, 0.15) is 13.8 Å². The van der Waals surface area contributed by atoms with E-state index in [-0.39, 0.29) is 0 Å². The van der Waals surface area contributed by atoms with Crippen LogP contribution in [0.4, 0.5) is 5.69 Å². The maximum Gasteiger partial charge on any atom is 0.0724 e. The van der Waals surface area contributed by atoms with Gasteiger partial charge in [0.15, 0.2) is 0 Å². The minimum Gasteiger partial charge on any atom is -0.396 e. The molecule has 0 fully saturated rings. The van der Waals surface area contributed by atoms with Crippen molar-refractivity contribution in [3.63, 3.8) is 0 Å². The molecule has 0 unspecified atom stereocenters. The van der Waals surface area contributed by atoms with Crippen molar-refractivity contribution < 1.29 is 0 Å². The lowest BCUT2D eigenvalue weighted by molar-refractivity contribution is 0.881. The van der Waals surface area contributed by atoms with Crippen LogP contribution in [0.25, 0.3) is 5.69 Å². The number of nitrogen functional groups attached to an aromatic ring is 1. The molecule has 3 nitrogen and oxygen atoms in total. The lowest BCUT2D eigenvalue weighted by atomic mass is 10.3. The van der Waals surface area contributed by atoms with Gasteiger partial charge in [0.25, 0.3) is 0 Å². The van der Waals surface area contributed by atoms with Crippen molar-refractivity contribution in [3.05, 3.63) is 42.7 Å². The van der Waals surface area contributed by atoms with Crippen molar-refractivity contribution in [1.29, 1.82) is 0 Å². The molecule has 0 saturated heterocycles. The first-order valence-electron chi connectivity index (χ1n) is 4.72. The first kappa shape index (κ1) is 10.3. The monoisotopic (exact) mass is 189 g/mol. The van der Waals surface area contributed by atoms with Crippen molar-refractivity contribution in [3.8, 4) is 5.69 Å². The molecule has 0 bridgehead atoms. The Balaban J connectivity index is 0.000000461. The van der Waals surface area contributed by atoms with E-state index in [2.05, 4.69) is 5.10 Å². The number of hydrogen-bond donors (Lipinski definition) is 1. The molecule has 1 aromatic heterocycles. The standard InChI is InChI=1S/C9H9N3.C2H6/c10-8-6-11-12(7-8)9-4-2-1-3-5-9;1-2/h1-7H,10H2;1-2H3. The molecular formula is C11H15N3. The van der Waals surface area contributed by atoms with E-state index < -0.39 is 0 Å². The third-order valence-electron chi connectivity index (χ3n) is 1.62. The molecule has 74 valence electrons. The van der Waals surface area contributed by atoms with Crippen LogP contribution in [0.15, 0.2) is 42.7 Å². The average molecular weight is 189 g/mol. The number of para-hydroxylation sites is 1. The lowest BCUT2D eigenvalue weighted by Crippen LogP contribution is -1.92. The van der Waals surface area contributed by atoms with Crippen molar-refractivity contribution in [2.75, 3.05) is 5.73 Å². The van der Waals surface area contributed by atoms with Gasteiger partial charge in [-0.15, -0.1) is 0 Å². The third-order valence-corrected chi connectivity index (χ3v) is 1.62. The predicted molar refractivity (Wildman–Crippen MR) is 59.3 cm³/mol. The molecule has 2 N–H and O–H groups in total. The number of aromatic nitrogens is 2. The SMILES string of the molecule is CC.Nc1cnn(-c2ccccc2)c1. The highest BCUT2D eigenvalue weighted by Crippen LogP contribution is 2.07. The number of hydrogen-bond acceptors (Lipinski definition) is 2. The van der Waals surface area contributed by atoms with E-state index in [4.69, 9.17) is 5.73 Å². The molecule has 0 atom stereocenters. The van der Waals surface area contributed by atoms with Gasteiger partial charge in [0.2, 0.25) is 0 Å². The molecule has 2 aromatic rings. The van der Waals surface area contributed by atoms with Gasteiger partial charge in [0.1, 0.15) is 0 Å². The highest BCUT2D eigenvalue weighted by Gasteiger charge is 1.95. The van der Waals surface area contributed by atoms with Crippen molar-refractivity contribution in [2.45, 2.75) is 13.8 Å². The fraction of sp³-hybridized carbons (Fsp3) is 0.182. The lowest BCUT2D eigenvalue weighted by Gasteiger charge is -1.97. The first-order valence-corrected chi connectivity index (χ1v) is 4.72. The molecular weight excluding hydrogens is 174 g/mol. The molecule has 0 spiro atoms. The van der Waals surface area contributed by atoms with Crippen LogP contribution in [0, 0.1) is 0 Å². The highest BCUT2D eigenvalue weighted by atomic mass is 15.3. The molecule has 2 rings (SSSR count). The van der Waals surface area contributed by atoms with Gasteiger partial charge in [-0.05, 0) is 12.1 Å². The zero-order valence-electron chi connectivity index (χ0n) is 8.51. The summed E-state index contributed by atoms with van der Waals surface area (Å²) < 4.78 is 1.75. The zero-order valence-corrected chi connectivity index (χ0v) is 8.51. The summed E-state index contributed by atoms with van der Waals surface area (Å²) in [5, 5.41) is 4.08. The summed E-state index contributed by atoms with van der Waals surface area (Å²) in [6.45, 7) is 4.00. The van der Waals surface area contributed by atoms with Crippen LogP contribution in [-0.4, -0.2) is 9.78 Å². The summed E-state index contributed by atoms with van der Waals surface area (Å²) in [5.74, 6) is 0. The summed E-state index contributed by atoms with van der Waals surface area (Å²) in [6, 6.07) is 9.86. The number of rotatable bonds is 1. The molecule has 0 amide bonds. The molecule has 0 radical (unpaired) electrons. The van der Waals surface area contributed by atoms with Gasteiger partial charge in [-0.2, -0.15) is 5.10 Å². The quantitative estimate of drug-likeness (QED) is 0.749. The summed E-state index contributed by atoms with van der Waals surface area (Å²) in [4.78, 5) is 0. The molecule has 0 saturated carbocycles. The van der Waals surface area contributed by atoms with Gasteiger partial charge < -0.3 is 5.73 Å². The van der Waals surface area contributed by atoms with E-state index in [9.17, 15) is 0 Å². The van der Waals surface area contributed by atoms with Gasteiger partial charge in [-0.1, -0.05) is 32.0 Å². The second-order valence-corrected chi connectivity index (χ2v) is 2.55. The summed E-state index contributed by atoms with van der Waals surface area (Å²) in [6.07, 6.45) is 3.42. The normalized spacial score (nSPS) is 9.00. The number of benzene rings is 1. The second kappa shape index (κ2) is 5.07. The van der Waals surface area contributed by atoms with E-state index in [0.29, 0.717) is 5.69 Å². The van der Waals surface area contributed by atoms with Gasteiger partial charge in [0, 0.05) is 0 Å². The predicted octanol–water partition coefficient (Wildman–Crippen LogP) is 2.48. The summed E-state index contributed by atoms with van der Waals surface area (Å²) >= 11 is 0. The van der Waals surface area contributed by atoms with E-state index in [0.717, 1.165) is 5.69 Å². The zero-order chi connectivity index (χ0) is 10.4. The second-order valence-electron chi connectivity index (χ2n) is 2.55. The summed E-state index contributed by atoms with van der Waals surface area (Å²) in [5.41, 5.74) is 7.23. The molecule has 3 heteroatoms. The Morgan fingerprint density at radius 1 is 1.14 bits per heavy atom. The Morgan fingerprint density at radius 2 is 1.79 bits per heavy atom. The van der Waals surface area contributed by atoms with Crippen LogP contribution in [0.3, 0.4) is 0 Å². The number of nitrogens with zero attached hydrogens (tertiary/aromatic N) is 2. The Labute approximate surface area is 84.2 Å². The van der Waals surface area contributed by atoms with Crippen LogP contribution in [0.5, 0.6) is 0 Å². The van der Waals surface area contributed by atoms with Gasteiger partial charge >= 0.3 is 0 Å². The average Bonchev–Trinajstić information content (AvgIpc) is 2.69. The maximum absolute atomic E-state index is 5.53. The fourth-order valence-electron chi connectivity index (χ4n) is 1.06. The molecule has 0 aliphatic carbocycles. The molecule has 0 aliphatic rings. The summed E-state index contributed by atoms with van der Waals surface area (Å²) in [7, 11) is 0. The Bertz CT molecular complexity index is 365. The number of nitrogens with two attached hydrogens (primary N) is 1. The van der Waals surface area contributed by atoms with Crippen LogP contribution >= 0.6 is 0 Å². The minimum atomic E-state index is 0.679. The maximum atomic E-state index is 5.53.